The Balaban J connectivity index is 2.03. The number of hydrogen-bond acceptors (Lipinski definition) is 2. The fourth-order valence-electron chi connectivity index (χ4n) is 2.05. The van der Waals surface area contributed by atoms with E-state index in [1.807, 2.05) is 24.3 Å². The summed E-state index contributed by atoms with van der Waals surface area (Å²) >= 11 is 0. The van der Waals surface area contributed by atoms with Crippen molar-refractivity contribution in [1.29, 1.82) is 0 Å². The van der Waals surface area contributed by atoms with Crippen LogP contribution < -0.4 is 0 Å². The first kappa shape index (κ1) is 14.8. The molecular weight excluding hydrogens is 265 g/mol. The predicted molar refractivity (Wildman–Crippen MR) is 74.2 cm³/mol. The van der Waals surface area contributed by atoms with Gasteiger partial charge in [-0.2, -0.15) is 18.3 Å². The van der Waals surface area contributed by atoms with E-state index in [2.05, 4.69) is 24.1 Å². The van der Waals surface area contributed by atoms with E-state index in [1.165, 1.54) is 5.56 Å². The summed E-state index contributed by atoms with van der Waals surface area (Å²) in [5, 5.41) is 6.87. The van der Waals surface area contributed by atoms with Gasteiger partial charge in [0, 0.05) is 6.42 Å². The van der Waals surface area contributed by atoms with E-state index in [0.717, 1.165) is 12.8 Å². The van der Waals surface area contributed by atoms with Gasteiger partial charge >= 0.3 is 6.18 Å². The van der Waals surface area contributed by atoms with E-state index in [4.69, 9.17) is 0 Å². The Morgan fingerprint density at radius 1 is 1.15 bits per heavy atom. The molecule has 0 aromatic heterocycles. The minimum atomic E-state index is -4.39. The summed E-state index contributed by atoms with van der Waals surface area (Å²) < 4.78 is 37.5. The molecule has 2 rings (SSSR count). The number of hydrogen-bond donors (Lipinski definition) is 0. The van der Waals surface area contributed by atoms with Crippen LogP contribution in [-0.2, 0) is 6.42 Å². The molecule has 5 heteroatoms. The topological polar surface area (TPSA) is 24.7 Å². The number of nitrogens with zero attached hydrogens (tertiary/aromatic N) is 2. The van der Waals surface area contributed by atoms with E-state index < -0.39 is 11.9 Å². The Kier molecular flexibility index (Phi) is 4.26. The van der Waals surface area contributed by atoms with Crippen molar-refractivity contribution >= 4 is 11.4 Å². The van der Waals surface area contributed by atoms with Gasteiger partial charge in [-0.1, -0.05) is 44.5 Å². The molecule has 1 atom stereocenters. The van der Waals surface area contributed by atoms with Crippen LogP contribution in [0.15, 0.2) is 34.5 Å². The molecule has 0 aliphatic carbocycles. The first-order valence-electron chi connectivity index (χ1n) is 6.70. The summed E-state index contributed by atoms with van der Waals surface area (Å²) in [6, 6.07) is 7.56. The zero-order valence-corrected chi connectivity index (χ0v) is 11.5. The predicted octanol–water partition coefficient (Wildman–Crippen LogP) is 4.39. The lowest BCUT2D eigenvalue weighted by Crippen LogP contribution is -2.22. The van der Waals surface area contributed by atoms with Crippen LogP contribution in [0.25, 0.3) is 0 Å². The van der Waals surface area contributed by atoms with Crippen LogP contribution in [-0.4, -0.2) is 17.6 Å². The number of rotatable bonds is 4. The molecular formula is C15H17F3N2. The summed E-state index contributed by atoms with van der Waals surface area (Å²) in [7, 11) is 0. The van der Waals surface area contributed by atoms with Crippen LogP contribution in [0.4, 0.5) is 13.2 Å². The smallest absolute Gasteiger partial charge is 0.165 e. The van der Waals surface area contributed by atoms with Crippen LogP contribution in [0.3, 0.4) is 0 Å². The fourth-order valence-corrected chi connectivity index (χ4v) is 2.05. The van der Waals surface area contributed by atoms with Gasteiger partial charge < -0.3 is 0 Å². The molecule has 1 unspecified atom stereocenters. The average Bonchev–Trinajstić information content (AvgIpc) is 2.89. The van der Waals surface area contributed by atoms with Gasteiger partial charge in [-0.3, -0.25) is 0 Å². The van der Waals surface area contributed by atoms with Crippen molar-refractivity contribution in [3.8, 4) is 0 Å². The van der Waals surface area contributed by atoms with Gasteiger partial charge in [0.1, 0.15) is 5.71 Å². The standard InChI is InChI=1S/C15H17F3N2/c1-3-10(2)8-11-4-6-12(7-5-11)13-9-14(20-19-13)15(16,17)18/h4-7,10H,3,8-9H2,1-2H3. The molecule has 0 N–H and O–H groups in total. The number of halogens is 3. The summed E-state index contributed by atoms with van der Waals surface area (Å²) in [6.07, 6.45) is -2.54. The SMILES string of the molecule is CCC(C)Cc1ccc(C2=NN=C(C(F)(F)F)C2)cc1. The summed E-state index contributed by atoms with van der Waals surface area (Å²) in [6.45, 7) is 4.32. The summed E-state index contributed by atoms with van der Waals surface area (Å²) in [5.41, 5.74) is 1.46. The lowest BCUT2D eigenvalue weighted by atomic mass is 9.97. The van der Waals surface area contributed by atoms with Gasteiger partial charge in [0.25, 0.3) is 0 Å². The van der Waals surface area contributed by atoms with Gasteiger partial charge in [0.05, 0.1) is 5.71 Å². The molecule has 1 heterocycles. The van der Waals surface area contributed by atoms with Crippen molar-refractivity contribution in [3.63, 3.8) is 0 Å². The lowest BCUT2D eigenvalue weighted by Gasteiger charge is -2.09. The highest BCUT2D eigenvalue weighted by molar-refractivity contribution is 6.16. The zero-order chi connectivity index (χ0) is 14.8. The highest BCUT2D eigenvalue weighted by atomic mass is 19.4. The monoisotopic (exact) mass is 282 g/mol. The Hall–Kier alpha value is -1.65. The van der Waals surface area contributed by atoms with E-state index >= 15 is 0 Å². The third-order valence-electron chi connectivity index (χ3n) is 3.52. The number of alkyl halides is 3. The molecule has 0 amide bonds. The van der Waals surface area contributed by atoms with Crippen molar-refractivity contribution in [1.82, 2.24) is 0 Å². The van der Waals surface area contributed by atoms with Crippen molar-refractivity contribution in [2.75, 3.05) is 0 Å². The third-order valence-corrected chi connectivity index (χ3v) is 3.52. The van der Waals surface area contributed by atoms with Crippen LogP contribution in [0.5, 0.6) is 0 Å². The molecule has 2 nitrogen and oxygen atoms in total. The van der Waals surface area contributed by atoms with E-state index in [9.17, 15) is 13.2 Å². The summed E-state index contributed by atoms with van der Waals surface area (Å²) in [4.78, 5) is 0. The molecule has 1 aliphatic heterocycles. The van der Waals surface area contributed by atoms with E-state index in [1.54, 1.807) is 0 Å². The maximum atomic E-state index is 12.5. The second-order valence-electron chi connectivity index (χ2n) is 5.18. The molecule has 0 saturated carbocycles. The van der Waals surface area contributed by atoms with Crippen molar-refractivity contribution in [2.24, 2.45) is 16.1 Å². The largest absolute Gasteiger partial charge is 0.431 e. The quantitative estimate of drug-likeness (QED) is 0.782. The minimum Gasteiger partial charge on any atom is -0.165 e. The maximum Gasteiger partial charge on any atom is 0.431 e. The second-order valence-corrected chi connectivity index (χ2v) is 5.18. The molecule has 1 aromatic carbocycles. The third kappa shape index (κ3) is 3.46. The van der Waals surface area contributed by atoms with Crippen molar-refractivity contribution in [3.05, 3.63) is 35.4 Å². The van der Waals surface area contributed by atoms with Crippen molar-refractivity contribution < 1.29 is 13.2 Å². The average molecular weight is 282 g/mol. The molecule has 1 aliphatic rings. The summed E-state index contributed by atoms with van der Waals surface area (Å²) in [5.74, 6) is 0.602. The molecule has 108 valence electrons. The van der Waals surface area contributed by atoms with Crippen LogP contribution in [0.1, 0.15) is 37.8 Å². The zero-order valence-electron chi connectivity index (χ0n) is 11.5. The van der Waals surface area contributed by atoms with Gasteiger partial charge in [-0.05, 0) is 23.5 Å². The molecule has 0 saturated heterocycles. The number of benzene rings is 1. The molecule has 0 radical (unpaired) electrons. The Morgan fingerprint density at radius 3 is 2.30 bits per heavy atom. The van der Waals surface area contributed by atoms with Crippen molar-refractivity contribution in [2.45, 2.75) is 39.3 Å². The Labute approximate surface area is 116 Å². The fraction of sp³-hybridized carbons (Fsp3) is 0.467. The first-order valence-corrected chi connectivity index (χ1v) is 6.70. The van der Waals surface area contributed by atoms with Crippen LogP contribution in [0.2, 0.25) is 0 Å². The van der Waals surface area contributed by atoms with Crippen LogP contribution in [0, 0.1) is 5.92 Å². The van der Waals surface area contributed by atoms with E-state index in [-0.39, 0.29) is 6.42 Å². The molecule has 0 spiro atoms. The Morgan fingerprint density at radius 2 is 1.80 bits per heavy atom. The van der Waals surface area contributed by atoms with Crippen LogP contribution >= 0.6 is 0 Å². The lowest BCUT2D eigenvalue weighted by molar-refractivity contribution is -0.0596. The first-order chi connectivity index (χ1) is 9.40. The second kappa shape index (κ2) is 5.77. The molecule has 1 aromatic rings. The molecule has 0 fully saturated rings. The normalized spacial score (nSPS) is 16.9. The van der Waals surface area contributed by atoms with E-state index in [0.29, 0.717) is 17.2 Å². The van der Waals surface area contributed by atoms with Gasteiger partial charge in [-0.15, -0.1) is 5.10 Å². The Bertz CT molecular complexity index is 527. The van der Waals surface area contributed by atoms with Gasteiger partial charge in [-0.25, -0.2) is 0 Å². The highest BCUT2D eigenvalue weighted by Gasteiger charge is 2.38. The highest BCUT2D eigenvalue weighted by Crippen LogP contribution is 2.25. The van der Waals surface area contributed by atoms with Gasteiger partial charge in [0.15, 0.2) is 0 Å². The molecule has 20 heavy (non-hydrogen) atoms. The minimum absolute atomic E-state index is 0.242. The maximum absolute atomic E-state index is 12.5. The van der Waals surface area contributed by atoms with Gasteiger partial charge in [0.2, 0.25) is 0 Å². The molecule has 0 bridgehead atoms.